The molecule has 136 valence electrons. The van der Waals surface area contributed by atoms with E-state index in [4.69, 9.17) is 0 Å². The molecule has 2 aromatic carbocycles. The van der Waals surface area contributed by atoms with E-state index in [1.165, 1.54) is 25.0 Å². The topological polar surface area (TPSA) is 23.6 Å². The smallest absolute Gasteiger partial charge is 0.193 e. The monoisotopic (exact) mass is 356 g/mol. The van der Waals surface area contributed by atoms with Crippen molar-refractivity contribution in [1.82, 2.24) is 4.90 Å². The van der Waals surface area contributed by atoms with Gasteiger partial charge in [-0.2, -0.15) is 0 Å². The number of hydrogen-bond donors (Lipinski definition) is 0. The number of halogens is 2. The van der Waals surface area contributed by atoms with E-state index in [1.54, 1.807) is 35.2 Å². The SMILES string of the molecule is O=C(c1ccccc1)c1cc(F)c(N2CCN3CCCC[C@@H]3C2)c(F)c1. The summed E-state index contributed by atoms with van der Waals surface area (Å²) in [7, 11) is 0. The zero-order valence-corrected chi connectivity index (χ0v) is 14.6. The van der Waals surface area contributed by atoms with Crippen molar-refractivity contribution in [2.75, 3.05) is 31.1 Å². The molecule has 0 unspecified atom stereocenters. The zero-order chi connectivity index (χ0) is 18.1. The Balaban J connectivity index is 1.59. The van der Waals surface area contributed by atoms with Crippen molar-refractivity contribution in [2.24, 2.45) is 0 Å². The average Bonchev–Trinajstić information content (AvgIpc) is 2.67. The lowest BCUT2D eigenvalue weighted by Gasteiger charge is -2.45. The van der Waals surface area contributed by atoms with Gasteiger partial charge in [0.1, 0.15) is 17.3 Å². The van der Waals surface area contributed by atoms with Crippen LogP contribution in [-0.4, -0.2) is 42.9 Å². The summed E-state index contributed by atoms with van der Waals surface area (Å²) in [6.45, 7) is 3.15. The highest BCUT2D eigenvalue weighted by Gasteiger charge is 2.31. The van der Waals surface area contributed by atoms with Gasteiger partial charge in [-0.25, -0.2) is 8.78 Å². The van der Waals surface area contributed by atoms with Crippen molar-refractivity contribution in [3.63, 3.8) is 0 Å². The minimum Gasteiger partial charge on any atom is -0.364 e. The second-order valence-electron chi connectivity index (χ2n) is 7.12. The number of rotatable bonds is 3. The van der Waals surface area contributed by atoms with Gasteiger partial charge in [0.25, 0.3) is 0 Å². The van der Waals surface area contributed by atoms with Gasteiger partial charge in [0.05, 0.1) is 0 Å². The molecule has 0 aromatic heterocycles. The van der Waals surface area contributed by atoms with E-state index in [0.717, 1.165) is 19.5 Å². The highest BCUT2D eigenvalue weighted by atomic mass is 19.1. The standard InChI is InChI=1S/C21H22F2N2O/c22-18-12-16(21(26)15-6-2-1-3-7-15)13-19(23)20(18)25-11-10-24-9-5-4-8-17(24)14-25/h1-3,6-7,12-13,17H,4-5,8-11,14H2/t17-/m1/s1. The molecule has 0 radical (unpaired) electrons. The van der Waals surface area contributed by atoms with Crippen LogP contribution < -0.4 is 4.90 Å². The van der Waals surface area contributed by atoms with Crippen LogP contribution in [0.3, 0.4) is 0 Å². The molecular weight excluding hydrogens is 334 g/mol. The van der Waals surface area contributed by atoms with Crippen molar-refractivity contribution in [2.45, 2.75) is 25.3 Å². The fraction of sp³-hybridized carbons (Fsp3) is 0.381. The molecule has 2 aliphatic heterocycles. The third-order valence-electron chi connectivity index (χ3n) is 5.47. The fourth-order valence-electron chi connectivity index (χ4n) is 4.11. The number of piperidine rings is 1. The van der Waals surface area contributed by atoms with Gasteiger partial charge < -0.3 is 4.90 Å². The first-order chi connectivity index (χ1) is 12.6. The molecule has 2 heterocycles. The number of anilines is 1. The highest BCUT2D eigenvalue weighted by Crippen LogP contribution is 2.30. The number of fused-ring (bicyclic) bond motifs is 1. The normalized spacial score (nSPS) is 20.7. The lowest BCUT2D eigenvalue weighted by molar-refractivity contribution is 0.103. The number of ketones is 1. The Morgan fingerprint density at radius 2 is 1.65 bits per heavy atom. The van der Waals surface area contributed by atoms with Gasteiger partial charge in [-0.1, -0.05) is 36.8 Å². The predicted molar refractivity (Wildman–Crippen MR) is 97.7 cm³/mol. The second-order valence-corrected chi connectivity index (χ2v) is 7.12. The summed E-state index contributed by atoms with van der Waals surface area (Å²) < 4.78 is 29.5. The number of carbonyl (C=O) groups is 1. The molecule has 5 heteroatoms. The largest absolute Gasteiger partial charge is 0.364 e. The quantitative estimate of drug-likeness (QED) is 0.780. The van der Waals surface area contributed by atoms with Crippen molar-refractivity contribution < 1.29 is 13.6 Å². The maximum Gasteiger partial charge on any atom is 0.193 e. The summed E-state index contributed by atoms with van der Waals surface area (Å²) in [6.07, 6.45) is 3.45. The van der Waals surface area contributed by atoms with Crippen LogP contribution in [0.15, 0.2) is 42.5 Å². The maximum atomic E-state index is 14.7. The fourth-order valence-corrected chi connectivity index (χ4v) is 4.11. The summed E-state index contributed by atoms with van der Waals surface area (Å²) in [5, 5.41) is 0. The molecule has 0 aliphatic carbocycles. The lowest BCUT2D eigenvalue weighted by Crippen LogP contribution is -2.55. The van der Waals surface area contributed by atoms with Crippen LogP contribution in [0.5, 0.6) is 0 Å². The van der Waals surface area contributed by atoms with Crippen LogP contribution in [0.25, 0.3) is 0 Å². The molecule has 4 rings (SSSR count). The molecule has 2 aliphatic rings. The molecule has 0 amide bonds. The minimum absolute atomic E-state index is 0.000153. The molecular formula is C21H22F2N2O. The molecule has 2 aromatic rings. The third kappa shape index (κ3) is 3.23. The van der Waals surface area contributed by atoms with Crippen LogP contribution in [0.2, 0.25) is 0 Å². The van der Waals surface area contributed by atoms with Gasteiger partial charge in [0.2, 0.25) is 0 Å². The number of piperazine rings is 1. The number of nitrogens with zero attached hydrogens (tertiary/aromatic N) is 2. The van der Waals surface area contributed by atoms with Crippen LogP contribution in [0.1, 0.15) is 35.2 Å². The van der Waals surface area contributed by atoms with Crippen LogP contribution in [0, 0.1) is 11.6 Å². The Hall–Kier alpha value is -2.27. The van der Waals surface area contributed by atoms with Gasteiger partial charge in [-0.15, -0.1) is 0 Å². The summed E-state index contributed by atoms with van der Waals surface area (Å²) in [5.41, 5.74) is 0.473. The molecule has 3 nitrogen and oxygen atoms in total. The molecule has 2 saturated heterocycles. The zero-order valence-electron chi connectivity index (χ0n) is 14.6. The van der Waals surface area contributed by atoms with E-state index >= 15 is 0 Å². The number of hydrogen-bond acceptors (Lipinski definition) is 3. The molecule has 1 atom stereocenters. The van der Waals surface area contributed by atoms with Crippen molar-refractivity contribution in [3.05, 3.63) is 65.2 Å². The van der Waals surface area contributed by atoms with E-state index < -0.39 is 11.6 Å². The van der Waals surface area contributed by atoms with Gasteiger partial charge in [-0.05, 0) is 31.5 Å². The van der Waals surface area contributed by atoms with Crippen LogP contribution in [0.4, 0.5) is 14.5 Å². The lowest BCUT2D eigenvalue weighted by atomic mass is 9.98. The number of benzene rings is 2. The van der Waals surface area contributed by atoms with Crippen LogP contribution >= 0.6 is 0 Å². The Kier molecular flexibility index (Phi) is 4.72. The maximum absolute atomic E-state index is 14.7. The van der Waals surface area contributed by atoms with E-state index in [9.17, 15) is 13.6 Å². The first kappa shape index (κ1) is 17.2. The first-order valence-corrected chi connectivity index (χ1v) is 9.21. The predicted octanol–water partition coefficient (Wildman–Crippen LogP) is 3.87. The average molecular weight is 356 g/mol. The second kappa shape index (κ2) is 7.16. The summed E-state index contributed by atoms with van der Waals surface area (Å²) in [5.74, 6) is -1.69. The highest BCUT2D eigenvalue weighted by molar-refractivity contribution is 6.09. The van der Waals surface area contributed by atoms with Crippen molar-refractivity contribution in [3.8, 4) is 0 Å². The molecule has 0 saturated carbocycles. The number of carbonyl (C=O) groups excluding carboxylic acids is 1. The van der Waals surface area contributed by atoms with Crippen molar-refractivity contribution >= 4 is 11.5 Å². The van der Waals surface area contributed by atoms with Crippen molar-refractivity contribution in [1.29, 1.82) is 0 Å². The summed E-state index contributed by atoms with van der Waals surface area (Å²) >= 11 is 0. The van der Waals surface area contributed by atoms with E-state index in [0.29, 0.717) is 24.7 Å². The summed E-state index contributed by atoms with van der Waals surface area (Å²) in [6, 6.07) is 11.3. The Labute approximate surface area is 152 Å². The third-order valence-corrected chi connectivity index (χ3v) is 5.47. The van der Waals surface area contributed by atoms with Gasteiger partial charge >= 0.3 is 0 Å². The minimum atomic E-state index is -0.659. The molecule has 0 spiro atoms. The van der Waals surface area contributed by atoms with E-state index in [2.05, 4.69) is 4.90 Å². The van der Waals surface area contributed by atoms with Gasteiger partial charge in [-0.3, -0.25) is 9.69 Å². The molecule has 26 heavy (non-hydrogen) atoms. The molecule has 0 N–H and O–H groups in total. The Bertz CT molecular complexity index is 786. The summed E-state index contributed by atoms with van der Waals surface area (Å²) in [4.78, 5) is 16.7. The Morgan fingerprint density at radius 3 is 2.38 bits per heavy atom. The molecule has 0 bridgehead atoms. The van der Waals surface area contributed by atoms with E-state index in [1.807, 2.05) is 0 Å². The van der Waals surface area contributed by atoms with Crippen LogP contribution in [-0.2, 0) is 0 Å². The van der Waals surface area contributed by atoms with Gasteiger partial charge in [0.15, 0.2) is 5.78 Å². The van der Waals surface area contributed by atoms with Gasteiger partial charge in [0, 0.05) is 36.8 Å². The van der Waals surface area contributed by atoms with E-state index in [-0.39, 0.29) is 17.0 Å². The Morgan fingerprint density at radius 1 is 0.923 bits per heavy atom. The molecule has 2 fully saturated rings. The first-order valence-electron chi connectivity index (χ1n) is 9.21.